The van der Waals surface area contributed by atoms with Crippen LogP contribution in [-0.2, 0) is 46.4 Å². The van der Waals surface area contributed by atoms with Gasteiger partial charge in [-0.05, 0) is 35.4 Å². The molecule has 0 N–H and O–H groups in total. The van der Waals surface area contributed by atoms with Crippen molar-refractivity contribution in [3.63, 3.8) is 0 Å². The summed E-state index contributed by atoms with van der Waals surface area (Å²) in [6.07, 6.45) is -5.34. The molecule has 0 radical (unpaired) electrons. The summed E-state index contributed by atoms with van der Waals surface area (Å²) in [5.41, 5.74) is 2.11. The second-order valence-corrected chi connectivity index (χ2v) is 10.7. The predicted octanol–water partition coefficient (Wildman–Crippen LogP) is 5.40. The molecule has 4 aromatic carbocycles. The molecule has 4 aromatic rings. The van der Waals surface area contributed by atoms with Crippen LogP contribution in [0.2, 0.25) is 0 Å². The van der Waals surface area contributed by atoms with Crippen LogP contribution < -0.4 is 0 Å². The maximum Gasteiger partial charge on any atom is 0.341 e. The minimum atomic E-state index is -1.35. The molecular formula is C37H36O10. The zero-order chi connectivity index (χ0) is 33.0. The third-order valence-electron chi connectivity index (χ3n) is 7.57. The fourth-order valence-corrected chi connectivity index (χ4v) is 5.21. The highest BCUT2D eigenvalue weighted by Crippen LogP contribution is 2.31. The molecule has 1 saturated heterocycles. The predicted molar refractivity (Wildman–Crippen MR) is 169 cm³/mol. The van der Waals surface area contributed by atoms with E-state index in [1.54, 1.807) is 42.5 Å². The number of benzene rings is 4. The molecule has 0 aliphatic carbocycles. The van der Waals surface area contributed by atoms with Gasteiger partial charge < -0.3 is 33.2 Å². The average Bonchev–Trinajstić information content (AvgIpc) is 3.12. The van der Waals surface area contributed by atoms with E-state index < -0.39 is 48.6 Å². The summed E-state index contributed by atoms with van der Waals surface area (Å²) >= 11 is 0. The van der Waals surface area contributed by atoms with E-state index in [4.69, 9.17) is 33.2 Å². The Labute approximate surface area is 273 Å². The molecule has 0 saturated carbocycles. The normalized spacial score (nSPS) is 20.6. The molecule has 244 valence electrons. The lowest BCUT2D eigenvalue weighted by Crippen LogP contribution is -2.62. The molecular weight excluding hydrogens is 604 g/mol. The lowest BCUT2D eigenvalue weighted by atomic mass is 9.98. The van der Waals surface area contributed by atoms with Crippen molar-refractivity contribution in [3.05, 3.63) is 143 Å². The number of rotatable bonds is 13. The molecule has 1 heterocycles. The largest absolute Gasteiger partial charge is 0.465 e. The van der Waals surface area contributed by atoms with E-state index in [0.717, 1.165) is 11.1 Å². The average molecular weight is 641 g/mol. The summed E-state index contributed by atoms with van der Waals surface area (Å²) in [6.45, 7) is 0.318. The monoisotopic (exact) mass is 640 g/mol. The molecule has 1 fully saturated rings. The maximum atomic E-state index is 13.6. The van der Waals surface area contributed by atoms with Gasteiger partial charge >= 0.3 is 17.9 Å². The first-order valence-electron chi connectivity index (χ1n) is 15.1. The second-order valence-electron chi connectivity index (χ2n) is 10.7. The summed E-state index contributed by atoms with van der Waals surface area (Å²) in [5, 5.41) is 0. The van der Waals surface area contributed by atoms with E-state index in [2.05, 4.69) is 0 Å². The lowest BCUT2D eigenvalue weighted by Gasteiger charge is -2.44. The van der Waals surface area contributed by atoms with Crippen LogP contribution in [0.25, 0.3) is 0 Å². The van der Waals surface area contributed by atoms with Gasteiger partial charge in [0.1, 0.15) is 12.2 Å². The third kappa shape index (κ3) is 8.69. The summed E-state index contributed by atoms with van der Waals surface area (Å²) in [4.78, 5) is 39.4. The Hall–Kier alpha value is -4.87. The van der Waals surface area contributed by atoms with Crippen molar-refractivity contribution in [1.82, 2.24) is 0 Å². The van der Waals surface area contributed by atoms with Crippen molar-refractivity contribution >= 4 is 17.9 Å². The summed E-state index contributed by atoms with van der Waals surface area (Å²) in [5.74, 6) is -2.14. The molecule has 5 atom stereocenters. The first kappa shape index (κ1) is 33.5. The van der Waals surface area contributed by atoms with Gasteiger partial charge in [0.05, 0.1) is 43.6 Å². The van der Waals surface area contributed by atoms with Gasteiger partial charge in [-0.3, -0.25) is 0 Å². The number of carbonyl (C=O) groups excluding carboxylic acids is 3. The van der Waals surface area contributed by atoms with Crippen LogP contribution in [0.5, 0.6) is 0 Å². The summed E-state index contributed by atoms with van der Waals surface area (Å²) in [6, 6.07) is 33.6. The van der Waals surface area contributed by atoms with Crippen LogP contribution in [0, 0.1) is 0 Å². The van der Waals surface area contributed by atoms with E-state index in [9.17, 15) is 14.4 Å². The molecule has 1 aliphatic rings. The molecule has 1 aliphatic heterocycles. The van der Waals surface area contributed by atoms with Crippen LogP contribution in [0.4, 0.5) is 0 Å². The van der Waals surface area contributed by atoms with Crippen LogP contribution >= 0.6 is 0 Å². The fraction of sp³-hybridized carbons (Fsp3) is 0.270. The van der Waals surface area contributed by atoms with Crippen molar-refractivity contribution < 1.29 is 47.5 Å². The smallest absolute Gasteiger partial charge is 0.341 e. The molecule has 47 heavy (non-hydrogen) atoms. The Kier molecular flexibility index (Phi) is 11.8. The quantitative estimate of drug-likeness (QED) is 0.139. The number of hydrogen-bond acceptors (Lipinski definition) is 10. The number of ether oxygens (including phenoxy) is 7. The molecule has 5 rings (SSSR count). The van der Waals surface area contributed by atoms with Gasteiger partial charge in [0.25, 0.3) is 0 Å². The standard InChI is InChI=1S/C37H36O10/c1-41-32-31(46-34(38)27-18-10-5-11-19-27)30(24-43-22-25-14-6-3-7-15-25)45-37(33(32)44-23-26-16-8-4-9-17-26)47-36(40)29-21-13-12-20-28(29)35(39)42-2/h3-21,30-33,37H,22-24H2,1-2H3/t30-,31-,32+,33+,37-/m1/s1. The zero-order valence-electron chi connectivity index (χ0n) is 26.1. The highest BCUT2D eigenvalue weighted by molar-refractivity contribution is 6.03. The first-order chi connectivity index (χ1) is 23.0. The SMILES string of the molecule is COC(=O)c1ccccc1C(=O)O[C@H]1O[C@H](COCc2ccccc2)[C@@H](OC(=O)c2ccccc2)[C@H](OC)[C@@H]1OCc1ccccc1. The highest BCUT2D eigenvalue weighted by Gasteiger charge is 2.51. The molecule has 10 nitrogen and oxygen atoms in total. The van der Waals surface area contributed by atoms with E-state index in [1.165, 1.54) is 26.4 Å². The molecule has 0 spiro atoms. The second kappa shape index (κ2) is 16.6. The summed E-state index contributed by atoms with van der Waals surface area (Å²) < 4.78 is 41.4. The minimum Gasteiger partial charge on any atom is -0.465 e. The topological polar surface area (TPSA) is 116 Å². The Morgan fingerprint density at radius 1 is 0.596 bits per heavy atom. The zero-order valence-corrected chi connectivity index (χ0v) is 26.1. The number of hydrogen-bond donors (Lipinski definition) is 0. The van der Waals surface area contributed by atoms with Gasteiger partial charge in [0.2, 0.25) is 6.29 Å². The Morgan fingerprint density at radius 3 is 1.74 bits per heavy atom. The first-order valence-corrected chi connectivity index (χ1v) is 15.1. The van der Waals surface area contributed by atoms with Crippen LogP contribution in [0.3, 0.4) is 0 Å². The fourth-order valence-electron chi connectivity index (χ4n) is 5.21. The van der Waals surface area contributed by atoms with Crippen LogP contribution in [-0.4, -0.2) is 69.4 Å². The molecule has 0 amide bonds. The van der Waals surface area contributed by atoms with E-state index in [1.807, 2.05) is 60.7 Å². The van der Waals surface area contributed by atoms with Gasteiger partial charge in [-0.15, -0.1) is 0 Å². The van der Waals surface area contributed by atoms with E-state index >= 15 is 0 Å². The summed E-state index contributed by atoms with van der Waals surface area (Å²) in [7, 11) is 2.67. The van der Waals surface area contributed by atoms with Crippen LogP contribution in [0.15, 0.2) is 115 Å². The lowest BCUT2D eigenvalue weighted by molar-refractivity contribution is -0.302. The van der Waals surface area contributed by atoms with Crippen LogP contribution in [0.1, 0.15) is 42.2 Å². The molecule has 0 bridgehead atoms. The molecule has 0 aromatic heterocycles. The van der Waals surface area contributed by atoms with Crippen molar-refractivity contribution in [2.24, 2.45) is 0 Å². The highest BCUT2D eigenvalue weighted by atomic mass is 16.7. The van der Waals surface area contributed by atoms with E-state index in [-0.39, 0.29) is 30.9 Å². The maximum absolute atomic E-state index is 13.6. The van der Waals surface area contributed by atoms with Gasteiger partial charge in [-0.2, -0.15) is 0 Å². The van der Waals surface area contributed by atoms with Crippen molar-refractivity contribution in [1.29, 1.82) is 0 Å². The van der Waals surface area contributed by atoms with Crippen molar-refractivity contribution in [3.8, 4) is 0 Å². The Bertz CT molecular complexity index is 1600. The molecule has 10 heteroatoms. The van der Waals surface area contributed by atoms with Gasteiger partial charge in [-0.1, -0.05) is 91.0 Å². The minimum absolute atomic E-state index is 0.0202. The Morgan fingerprint density at radius 2 is 1.15 bits per heavy atom. The van der Waals surface area contributed by atoms with Gasteiger partial charge in [0, 0.05) is 7.11 Å². The van der Waals surface area contributed by atoms with Crippen molar-refractivity contribution in [2.45, 2.75) is 43.9 Å². The number of methoxy groups -OCH3 is 2. The number of carbonyl (C=O) groups is 3. The molecule has 0 unspecified atom stereocenters. The van der Waals surface area contributed by atoms with Gasteiger partial charge in [0.15, 0.2) is 12.2 Å². The van der Waals surface area contributed by atoms with E-state index in [0.29, 0.717) is 5.56 Å². The third-order valence-corrected chi connectivity index (χ3v) is 7.57. The van der Waals surface area contributed by atoms with Crippen molar-refractivity contribution in [2.75, 3.05) is 20.8 Å². The van der Waals surface area contributed by atoms with Gasteiger partial charge in [-0.25, -0.2) is 14.4 Å². The Balaban J connectivity index is 1.45. The number of esters is 3.